The van der Waals surface area contributed by atoms with Crippen LogP contribution in [0, 0.1) is 5.92 Å². The van der Waals surface area contributed by atoms with Gasteiger partial charge in [0.15, 0.2) is 0 Å². The Kier molecular flexibility index (Phi) is 12.2. The first-order chi connectivity index (χ1) is 14.3. The van der Waals surface area contributed by atoms with E-state index in [0.29, 0.717) is 6.42 Å². The predicted octanol–water partition coefficient (Wildman–Crippen LogP) is -2.82. The molecule has 0 aliphatic heterocycles. The minimum atomic E-state index is -1.69. The molecule has 0 rings (SSSR count). The predicted molar refractivity (Wildman–Crippen MR) is 111 cm³/mol. The number of amides is 4. The fraction of sp³-hybridized carbons (Fsp3) is 0.647. The summed E-state index contributed by atoms with van der Waals surface area (Å²) in [4.78, 5) is 70.6. The van der Waals surface area contributed by atoms with Crippen molar-refractivity contribution < 1.29 is 39.0 Å². The number of hydrogen-bond acceptors (Lipinski definition) is 8. The lowest BCUT2D eigenvalue weighted by molar-refractivity contribution is -0.143. The average Bonchev–Trinajstić information content (AvgIpc) is 2.68. The number of thiol groups is 1. The van der Waals surface area contributed by atoms with Gasteiger partial charge < -0.3 is 37.6 Å². The maximum absolute atomic E-state index is 12.6. The number of carboxylic acid groups (broad SMARTS) is 2. The first-order valence-electron chi connectivity index (χ1n) is 9.34. The minimum absolute atomic E-state index is 0.239. The molecule has 13 nitrogen and oxygen atoms in total. The van der Waals surface area contributed by atoms with Crippen LogP contribution in [0.15, 0.2) is 0 Å². The average molecular weight is 464 g/mol. The molecule has 31 heavy (non-hydrogen) atoms. The van der Waals surface area contributed by atoms with Gasteiger partial charge in [0.1, 0.15) is 18.1 Å². The van der Waals surface area contributed by atoms with Crippen molar-refractivity contribution in [2.75, 3.05) is 5.75 Å². The summed E-state index contributed by atoms with van der Waals surface area (Å²) in [5.41, 5.74) is 10.9. The van der Waals surface area contributed by atoms with Gasteiger partial charge in [-0.25, -0.2) is 4.79 Å². The highest BCUT2D eigenvalue weighted by Gasteiger charge is 2.32. The molecule has 0 spiro atoms. The molecule has 0 aliphatic carbocycles. The lowest BCUT2D eigenvalue weighted by atomic mass is 9.99. The van der Waals surface area contributed by atoms with Gasteiger partial charge in [-0.15, -0.1) is 0 Å². The summed E-state index contributed by atoms with van der Waals surface area (Å²) in [6.45, 7) is 3.51. The Labute approximate surface area is 184 Å². The lowest BCUT2D eigenvalue weighted by Gasteiger charge is -2.25. The van der Waals surface area contributed by atoms with Gasteiger partial charge in [-0.05, 0) is 5.92 Å². The second-order valence-electron chi connectivity index (χ2n) is 6.88. The number of carbonyl (C=O) groups is 6. The van der Waals surface area contributed by atoms with Crippen LogP contribution >= 0.6 is 12.6 Å². The topological polar surface area (TPSA) is 231 Å². The van der Waals surface area contributed by atoms with Crippen molar-refractivity contribution in [2.24, 2.45) is 17.4 Å². The molecule has 0 aromatic rings. The Hall–Kier alpha value is -2.87. The van der Waals surface area contributed by atoms with Gasteiger partial charge in [-0.1, -0.05) is 20.3 Å². The summed E-state index contributed by atoms with van der Waals surface area (Å²) in [6, 6.07) is -5.64. The fourth-order valence-electron chi connectivity index (χ4n) is 2.30. The molecule has 0 saturated heterocycles. The normalized spacial score (nSPS) is 15.5. The Balaban J connectivity index is 5.50. The number of primary amides is 1. The minimum Gasteiger partial charge on any atom is -0.481 e. The van der Waals surface area contributed by atoms with Crippen molar-refractivity contribution in [3.8, 4) is 0 Å². The van der Waals surface area contributed by atoms with Gasteiger partial charge in [-0.3, -0.25) is 24.0 Å². The maximum Gasteiger partial charge on any atom is 0.327 e. The van der Waals surface area contributed by atoms with Crippen LogP contribution in [-0.4, -0.2) is 75.7 Å². The van der Waals surface area contributed by atoms with Gasteiger partial charge in [0, 0.05) is 5.75 Å². The summed E-state index contributed by atoms with van der Waals surface area (Å²) in [5, 5.41) is 24.4. The molecule has 0 saturated carbocycles. The van der Waals surface area contributed by atoms with Crippen LogP contribution < -0.4 is 27.4 Å². The van der Waals surface area contributed by atoms with E-state index in [1.165, 1.54) is 0 Å². The SMILES string of the molecule is CCC(C)C(N)C(=O)NC(CC(N)=O)C(=O)NC(CC(=O)O)C(=O)NC(CS)C(=O)O. The Morgan fingerprint density at radius 2 is 1.32 bits per heavy atom. The summed E-state index contributed by atoms with van der Waals surface area (Å²) < 4.78 is 0. The van der Waals surface area contributed by atoms with Crippen molar-refractivity contribution in [3.63, 3.8) is 0 Å². The zero-order chi connectivity index (χ0) is 24.3. The quantitative estimate of drug-likeness (QED) is 0.124. The van der Waals surface area contributed by atoms with E-state index >= 15 is 0 Å². The molecule has 4 amide bonds. The van der Waals surface area contributed by atoms with E-state index in [-0.39, 0.29) is 11.7 Å². The summed E-state index contributed by atoms with van der Waals surface area (Å²) in [6.07, 6.45) is -0.960. The fourth-order valence-corrected chi connectivity index (χ4v) is 2.55. The molecule has 176 valence electrons. The van der Waals surface area contributed by atoms with Gasteiger partial charge in [0.05, 0.1) is 18.9 Å². The molecule has 0 aromatic heterocycles. The van der Waals surface area contributed by atoms with Gasteiger partial charge >= 0.3 is 11.9 Å². The van der Waals surface area contributed by atoms with Crippen molar-refractivity contribution in [1.82, 2.24) is 16.0 Å². The van der Waals surface area contributed by atoms with E-state index in [4.69, 9.17) is 21.7 Å². The zero-order valence-corrected chi connectivity index (χ0v) is 18.1. The molecular formula is C17H29N5O8S. The number of nitrogens with one attached hydrogen (secondary N) is 3. The second kappa shape index (κ2) is 13.4. The smallest absolute Gasteiger partial charge is 0.327 e. The molecule has 9 N–H and O–H groups in total. The highest BCUT2D eigenvalue weighted by atomic mass is 32.1. The largest absolute Gasteiger partial charge is 0.481 e. The standard InChI is InChI=1S/C17H29N5O8S/c1-3-7(2)13(19)16(28)21-8(4-11(18)23)14(26)20-9(5-12(24)25)15(27)22-10(6-31)17(29)30/h7-10,13,31H,3-6,19H2,1-2H3,(H2,18,23)(H,20,26)(H,21,28)(H,22,27)(H,24,25)(H,29,30). The Morgan fingerprint density at radius 1 is 0.871 bits per heavy atom. The van der Waals surface area contributed by atoms with Gasteiger partial charge in [0.2, 0.25) is 23.6 Å². The summed E-state index contributed by atoms with van der Waals surface area (Å²) in [7, 11) is 0. The molecule has 5 atom stereocenters. The summed E-state index contributed by atoms with van der Waals surface area (Å²) in [5.74, 6) is -7.26. The highest BCUT2D eigenvalue weighted by Crippen LogP contribution is 2.06. The number of aliphatic carboxylic acids is 2. The van der Waals surface area contributed by atoms with Crippen molar-refractivity contribution in [3.05, 3.63) is 0 Å². The monoisotopic (exact) mass is 463 g/mol. The van der Waals surface area contributed by atoms with Crippen molar-refractivity contribution >= 4 is 48.2 Å². The van der Waals surface area contributed by atoms with E-state index < -0.39 is 72.6 Å². The molecule has 0 aromatic carbocycles. The zero-order valence-electron chi connectivity index (χ0n) is 17.2. The number of carbonyl (C=O) groups excluding carboxylic acids is 4. The lowest BCUT2D eigenvalue weighted by Crippen LogP contribution is -2.58. The third-order valence-corrected chi connectivity index (χ3v) is 4.77. The Morgan fingerprint density at radius 3 is 1.71 bits per heavy atom. The van der Waals surface area contributed by atoms with E-state index in [1.807, 2.05) is 5.32 Å². The Bertz CT molecular complexity index is 704. The number of carboxylic acids is 2. The third-order valence-electron chi connectivity index (χ3n) is 4.41. The van der Waals surface area contributed by atoms with Crippen LogP contribution in [0.1, 0.15) is 33.1 Å². The number of hydrogen-bond donors (Lipinski definition) is 8. The van der Waals surface area contributed by atoms with E-state index in [0.717, 1.165) is 0 Å². The van der Waals surface area contributed by atoms with Gasteiger partial charge in [-0.2, -0.15) is 12.6 Å². The van der Waals surface area contributed by atoms with Crippen LogP contribution in [0.25, 0.3) is 0 Å². The molecule has 0 radical (unpaired) electrons. The van der Waals surface area contributed by atoms with Crippen LogP contribution in [0.4, 0.5) is 0 Å². The third kappa shape index (κ3) is 10.1. The van der Waals surface area contributed by atoms with Crippen LogP contribution in [0.3, 0.4) is 0 Å². The molecule has 0 aliphatic rings. The molecular weight excluding hydrogens is 434 g/mol. The van der Waals surface area contributed by atoms with Crippen molar-refractivity contribution in [1.29, 1.82) is 0 Å². The van der Waals surface area contributed by atoms with E-state index in [1.54, 1.807) is 13.8 Å². The molecule has 5 unspecified atom stereocenters. The van der Waals surface area contributed by atoms with Gasteiger partial charge in [0.25, 0.3) is 0 Å². The molecule has 0 fully saturated rings. The number of rotatable bonds is 14. The molecule has 14 heteroatoms. The summed E-state index contributed by atoms with van der Waals surface area (Å²) >= 11 is 3.78. The highest BCUT2D eigenvalue weighted by molar-refractivity contribution is 7.80. The maximum atomic E-state index is 12.6. The first-order valence-corrected chi connectivity index (χ1v) is 9.97. The molecule has 0 heterocycles. The van der Waals surface area contributed by atoms with E-state index in [2.05, 4.69) is 23.3 Å². The van der Waals surface area contributed by atoms with Crippen LogP contribution in [0.2, 0.25) is 0 Å². The number of nitrogens with two attached hydrogens (primary N) is 2. The second-order valence-corrected chi connectivity index (χ2v) is 7.25. The van der Waals surface area contributed by atoms with Crippen LogP contribution in [-0.2, 0) is 28.8 Å². The molecule has 0 bridgehead atoms. The van der Waals surface area contributed by atoms with E-state index in [9.17, 15) is 28.8 Å². The van der Waals surface area contributed by atoms with Crippen LogP contribution in [0.5, 0.6) is 0 Å². The van der Waals surface area contributed by atoms with Crippen molar-refractivity contribution in [2.45, 2.75) is 57.3 Å². The first kappa shape index (κ1) is 28.1.